The second-order valence-corrected chi connectivity index (χ2v) is 12.5. The van der Waals surface area contributed by atoms with Crippen molar-refractivity contribution in [1.29, 1.82) is 0 Å². The number of phenolic OH excluding ortho intramolecular Hbond substituents is 1. The lowest BCUT2D eigenvalue weighted by Gasteiger charge is -2.50. The van der Waals surface area contributed by atoms with E-state index >= 15 is 0 Å². The quantitative estimate of drug-likeness (QED) is 0.225. The molecule has 40 heavy (non-hydrogen) atoms. The molecule has 2 aromatic rings. The van der Waals surface area contributed by atoms with Gasteiger partial charge in [0.2, 0.25) is 11.8 Å². The highest BCUT2D eigenvalue weighted by molar-refractivity contribution is 9.09. The molecule has 0 spiro atoms. The maximum Gasteiger partial charge on any atom is 0.254 e. The molecule has 0 aromatic heterocycles. The van der Waals surface area contributed by atoms with E-state index in [0.29, 0.717) is 11.3 Å². The number of phenols is 1. The van der Waals surface area contributed by atoms with Crippen LogP contribution in [0.3, 0.4) is 0 Å². The van der Waals surface area contributed by atoms with Crippen molar-refractivity contribution >= 4 is 62.8 Å². The Morgan fingerprint density at radius 3 is 2.42 bits per heavy atom. The number of carbonyl (C=O) groups is 4. The zero-order valence-electron chi connectivity index (χ0n) is 21.4. The van der Waals surface area contributed by atoms with E-state index in [1.54, 1.807) is 12.1 Å². The van der Waals surface area contributed by atoms with Crippen LogP contribution in [0.15, 0.2) is 60.2 Å². The lowest BCUT2D eigenvalue weighted by atomic mass is 9.56. The Morgan fingerprint density at radius 2 is 1.75 bits per heavy atom. The molecule has 1 saturated carbocycles. The normalized spacial score (nSPS) is 33.0. The highest BCUT2D eigenvalue weighted by Crippen LogP contribution is 2.66. The summed E-state index contributed by atoms with van der Waals surface area (Å²) in [6.07, 6.45) is 2.00. The Kier molecular flexibility index (Phi) is 6.55. The molecule has 2 saturated heterocycles. The van der Waals surface area contributed by atoms with Gasteiger partial charge in [-0.15, -0.1) is 23.2 Å². The average Bonchev–Trinajstić information content (AvgIpc) is 3.25. The number of halogens is 3. The molecule has 8 nitrogen and oxygen atoms in total. The van der Waals surface area contributed by atoms with Gasteiger partial charge in [-0.3, -0.25) is 29.0 Å². The first-order chi connectivity index (χ1) is 19.0. The number of alkyl halides is 3. The van der Waals surface area contributed by atoms with Crippen LogP contribution < -0.4 is 4.74 Å². The van der Waals surface area contributed by atoms with E-state index in [1.807, 2.05) is 36.4 Å². The molecule has 2 aliphatic heterocycles. The summed E-state index contributed by atoms with van der Waals surface area (Å²) in [5, 5.41) is 11.3. The SMILES string of the molecule is CN1C(=O)C2CC=C3C(CC4(Cl)C(=O)N(CBr)C(=O)C4(Cl)C3c3ccc(OCc4ccccc4)cc3O)C2C1=O. The summed E-state index contributed by atoms with van der Waals surface area (Å²) >= 11 is 17.5. The van der Waals surface area contributed by atoms with Gasteiger partial charge in [0, 0.05) is 24.6 Å². The molecule has 11 heteroatoms. The second kappa shape index (κ2) is 9.60. The van der Waals surface area contributed by atoms with E-state index in [-0.39, 0.29) is 48.0 Å². The van der Waals surface area contributed by atoms with Crippen molar-refractivity contribution in [3.05, 3.63) is 71.3 Å². The lowest BCUT2D eigenvalue weighted by Crippen LogP contribution is -2.60. The third-order valence-corrected chi connectivity index (χ3v) is 10.7. The van der Waals surface area contributed by atoms with Gasteiger partial charge in [-0.25, -0.2) is 0 Å². The molecule has 2 aromatic carbocycles. The molecular weight excluding hydrogens is 623 g/mol. The number of hydrogen-bond donors (Lipinski definition) is 1. The van der Waals surface area contributed by atoms with Crippen LogP contribution in [0, 0.1) is 17.8 Å². The van der Waals surface area contributed by atoms with E-state index < -0.39 is 45.2 Å². The number of hydrogen-bond acceptors (Lipinski definition) is 6. The molecule has 0 bridgehead atoms. The van der Waals surface area contributed by atoms with Crippen molar-refractivity contribution in [3.8, 4) is 11.5 Å². The average molecular weight is 648 g/mol. The van der Waals surface area contributed by atoms with Crippen LogP contribution in [-0.4, -0.2) is 60.8 Å². The summed E-state index contributed by atoms with van der Waals surface area (Å²) < 4.78 is 5.86. The minimum Gasteiger partial charge on any atom is -0.508 e. The monoisotopic (exact) mass is 646 g/mol. The van der Waals surface area contributed by atoms with Gasteiger partial charge in [0.1, 0.15) is 18.1 Å². The van der Waals surface area contributed by atoms with Crippen LogP contribution in [0.1, 0.15) is 29.9 Å². The van der Waals surface area contributed by atoms with Crippen molar-refractivity contribution in [3.63, 3.8) is 0 Å². The van der Waals surface area contributed by atoms with Crippen LogP contribution in [0.4, 0.5) is 0 Å². The number of ether oxygens (including phenoxy) is 1. The number of nitrogens with zero attached hydrogens (tertiary/aromatic N) is 2. The summed E-state index contributed by atoms with van der Waals surface area (Å²) in [7, 11) is 1.45. The molecule has 0 radical (unpaired) electrons. The van der Waals surface area contributed by atoms with Gasteiger partial charge in [0.15, 0.2) is 9.75 Å². The fourth-order valence-electron chi connectivity index (χ4n) is 6.85. The van der Waals surface area contributed by atoms with Crippen molar-refractivity contribution < 1.29 is 29.0 Å². The third-order valence-electron chi connectivity index (χ3n) is 8.80. The summed E-state index contributed by atoms with van der Waals surface area (Å²) in [5.74, 6) is -4.80. The van der Waals surface area contributed by atoms with E-state index in [4.69, 9.17) is 27.9 Å². The number of fused-ring (bicyclic) bond motifs is 4. The predicted octanol–water partition coefficient (Wildman–Crippen LogP) is 4.31. The molecule has 2 aliphatic carbocycles. The Morgan fingerprint density at radius 1 is 1.02 bits per heavy atom. The maximum atomic E-state index is 13.8. The second-order valence-electron chi connectivity index (χ2n) is 10.7. The summed E-state index contributed by atoms with van der Waals surface area (Å²) in [6.45, 7) is 0.278. The number of amides is 4. The van der Waals surface area contributed by atoms with Crippen LogP contribution in [0.25, 0.3) is 0 Å². The number of rotatable bonds is 5. The topological polar surface area (TPSA) is 104 Å². The van der Waals surface area contributed by atoms with E-state index in [0.717, 1.165) is 15.4 Å². The first-order valence-electron chi connectivity index (χ1n) is 12.9. The Labute approximate surface area is 249 Å². The van der Waals surface area contributed by atoms with Gasteiger partial charge < -0.3 is 9.84 Å². The Hall–Kier alpha value is -2.88. The summed E-state index contributed by atoms with van der Waals surface area (Å²) in [5.41, 5.74) is 1.73. The van der Waals surface area contributed by atoms with Crippen molar-refractivity contribution in [2.24, 2.45) is 17.8 Å². The number of imide groups is 2. The highest BCUT2D eigenvalue weighted by Gasteiger charge is 2.76. The number of aromatic hydroxyl groups is 1. The molecule has 1 N–H and O–H groups in total. The third kappa shape index (κ3) is 3.63. The zero-order chi connectivity index (χ0) is 28.6. The molecule has 208 valence electrons. The molecular formula is C29H25BrCl2N2O6. The van der Waals surface area contributed by atoms with Gasteiger partial charge in [-0.05, 0) is 30.4 Å². The van der Waals surface area contributed by atoms with Crippen molar-refractivity contribution in [2.45, 2.75) is 35.1 Å². The Bertz CT molecular complexity index is 1480. The summed E-state index contributed by atoms with van der Waals surface area (Å²) in [4.78, 5) is 51.7. The van der Waals surface area contributed by atoms with E-state index in [9.17, 15) is 24.3 Å². The zero-order valence-corrected chi connectivity index (χ0v) is 24.4. The number of allylic oxidation sites excluding steroid dienone is 2. The lowest BCUT2D eigenvalue weighted by molar-refractivity contribution is -0.140. The van der Waals surface area contributed by atoms with E-state index in [1.165, 1.54) is 13.1 Å². The van der Waals surface area contributed by atoms with Crippen molar-refractivity contribution in [2.75, 3.05) is 12.5 Å². The highest BCUT2D eigenvalue weighted by atomic mass is 79.9. The first-order valence-corrected chi connectivity index (χ1v) is 14.7. The molecule has 3 fully saturated rings. The van der Waals surface area contributed by atoms with Crippen LogP contribution in [0.5, 0.6) is 11.5 Å². The molecule has 4 aliphatic rings. The largest absolute Gasteiger partial charge is 0.508 e. The molecule has 6 atom stereocenters. The van der Waals surface area contributed by atoms with Gasteiger partial charge in [-0.2, -0.15) is 0 Å². The smallest absolute Gasteiger partial charge is 0.254 e. The molecule has 4 amide bonds. The fraction of sp³-hybridized carbons (Fsp3) is 0.379. The van der Waals surface area contributed by atoms with Crippen molar-refractivity contribution in [1.82, 2.24) is 9.80 Å². The molecule has 6 unspecified atom stereocenters. The summed E-state index contributed by atoms with van der Waals surface area (Å²) in [6, 6.07) is 14.2. The van der Waals surface area contributed by atoms with Gasteiger partial charge in [0.25, 0.3) is 11.8 Å². The Balaban J connectivity index is 1.46. The number of benzene rings is 2. The van der Waals surface area contributed by atoms with Gasteiger partial charge in [0.05, 0.1) is 17.3 Å². The minimum absolute atomic E-state index is 0.0957. The van der Waals surface area contributed by atoms with Crippen LogP contribution >= 0.6 is 39.1 Å². The maximum absolute atomic E-state index is 13.8. The standard InChI is InChI=1S/C29H25BrCl2N2O6/c1-33-24(36)19-10-9-17-20(22(19)25(33)37)12-28(31)26(38)34(14-30)27(39)29(28,32)23(17)18-8-7-16(11-21(18)35)40-13-15-5-3-2-4-6-15/h2-9,11,19-20,22-23,35H,10,12-14H2,1H3. The fourth-order valence-corrected chi connectivity index (χ4v) is 8.27. The van der Waals surface area contributed by atoms with Crippen LogP contribution in [0.2, 0.25) is 0 Å². The van der Waals surface area contributed by atoms with Gasteiger partial charge in [-0.1, -0.05) is 64.0 Å². The minimum atomic E-state index is -1.98. The first kappa shape index (κ1) is 27.3. The molecule has 2 heterocycles. The van der Waals surface area contributed by atoms with E-state index in [2.05, 4.69) is 15.9 Å². The van der Waals surface area contributed by atoms with Gasteiger partial charge >= 0.3 is 0 Å². The molecule has 6 rings (SSSR count). The number of likely N-dealkylation sites (tertiary alicyclic amines) is 2. The van der Waals surface area contributed by atoms with Crippen LogP contribution in [-0.2, 0) is 25.8 Å². The number of carbonyl (C=O) groups excluding carboxylic acids is 4. The predicted molar refractivity (Wildman–Crippen MR) is 150 cm³/mol.